The number of carbonyl (C=O) groups is 2. The largest absolute Gasteiger partial charge is 0.481 e. The van der Waals surface area contributed by atoms with E-state index in [2.05, 4.69) is 5.32 Å². The van der Waals surface area contributed by atoms with Crippen LogP contribution in [0.15, 0.2) is 18.3 Å². The van der Waals surface area contributed by atoms with Crippen LogP contribution in [0.5, 0.6) is 0 Å². The third kappa shape index (κ3) is 4.43. The van der Waals surface area contributed by atoms with E-state index in [0.717, 1.165) is 19.4 Å². The number of aromatic nitrogens is 1. The summed E-state index contributed by atoms with van der Waals surface area (Å²) in [5, 5.41) is 11.7. The average Bonchev–Trinajstić information content (AvgIpc) is 2.82. The third-order valence-electron chi connectivity index (χ3n) is 3.02. The second-order valence-corrected chi connectivity index (χ2v) is 4.62. The van der Waals surface area contributed by atoms with Gasteiger partial charge in [0.2, 0.25) is 0 Å². The van der Waals surface area contributed by atoms with Gasteiger partial charge in [0.15, 0.2) is 0 Å². The molecule has 5 nitrogen and oxygen atoms in total. The molecule has 0 aliphatic heterocycles. The third-order valence-corrected chi connectivity index (χ3v) is 3.02. The fraction of sp³-hybridized carbons (Fsp3) is 0.571. The van der Waals surface area contributed by atoms with E-state index in [1.807, 2.05) is 30.7 Å². The van der Waals surface area contributed by atoms with Crippen LogP contribution in [-0.2, 0) is 11.3 Å². The molecule has 1 unspecified atom stereocenters. The molecule has 1 rings (SSSR count). The predicted octanol–water partition coefficient (Wildman–Crippen LogP) is 2.13. The molecule has 0 spiro atoms. The first-order chi connectivity index (χ1) is 9.10. The maximum Gasteiger partial charge on any atom is 0.308 e. The lowest BCUT2D eigenvalue weighted by Gasteiger charge is -2.13. The summed E-state index contributed by atoms with van der Waals surface area (Å²) in [6, 6.07) is 3.58. The van der Waals surface area contributed by atoms with Crippen molar-refractivity contribution < 1.29 is 14.7 Å². The summed E-state index contributed by atoms with van der Waals surface area (Å²) in [4.78, 5) is 23.0. The summed E-state index contributed by atoms with van der Waals surface area (Å²) in [7, 11) is 0. The van der Waals surface area contributed by atoms with Gasteiger partial charge in [0, 0.05) is 19.3 Å². The fourth-order valence-corrected chi connectivity index (χ4v) is 2.02. The normalized spacial score (nSPS) is 12.1. The quantitative estimate of drug-likeness (QED) is 0.757. The van der Waals surface area contributed by atoms with Crippen LogP contribution < -0.4 is 5.32 Å². The molecular weight excluding hydrogens is 244 g/mol. The summed E-state index contributed by atoms with van der Waals surface area (Å²) in [5.41, 5.74) is 0.586. The molecule has 1 aromatic heterocycles. The van der Waals surface area contributed by atoms with Gasteiger partial charge in [0.25, 0.3) is 5.91 Å². The van der Waals surface area contributed by atoms with Crippen molar-refractivity contribution in [2.75, 3.05) is 6.54 Å². The Hall–Kier alpha value is -1.78. The number of rotatable bonds is 8. The summed E-state index contributed by atoms with van der Waals surface area (Å²) in [5.74, 6) is -1.57. The van der Waals surface area contributed by atoms with Crippen LogP contribution in [0.25, 0.3) is 0 Å². The van der Waals surface area contributed by atoms with Crippen LogP contribution in [0.3, 0.4) is 0 Å². The van der Waals surface area contributed by atoms with Crippen molar-refractivity contribution in [2.45, 2.75) is 39.7 Å². The topological polar surface area (TPSA) is 71.3 Å². The Bertz CT molecular complexity index is 426. The van der Waals surface area contributed by atoms with Gasteiger partial charge in [0.05, 0.1) is 5.92 Å². The van der Waals surface area contributed by atoms with Crippen molar-refractivity contribution in [3.8, 4) is 0 Å². The van der Waals surface area contributed by atoms with Gasteiger partial charge in [-0.25, -0.2) is 0 Å². The highest BCUT2D eigenvalue weighted by molar-refractivity contribution is 5.93. The summed E-state index contributed by atoms with van der Waals surface area (Å²) in [6.07, 6.45) is 4.17. The molecule has 0 radical (unpaired) electrons. The van der Waals surface area contributed by atoms with Gasteiger partial charge in [-0.1, -0.05) is 20.3 Å². The van der Waals surface area contributed by atoms with Gasteiger partial charge in [-0.3, -0.25) is 9.59 Å². The van der Waals surface area contributed by atoms with Crippen LogP contribution in [0, 0.1) is 5.92 Å². The molecule has 1 atom stereocenters. The Balaban J connectivity index is 2.58. The fourth-order valence-electron chi connectivity index (χ4n) is 2.02. The summed E-state index contributed by atoms with van der Waals surface area (Å²) in [6.45, 7) is 4.94. The van der Waals surface area contributed by atoms with Crippen LogP contribution in [-0.4, -0.2) is 28.1 Å². The van der Waals surface area contributed by atoms with E-state index >= 15 is 0 Å². The van der Waals surface area contributed by atoms with E-state index in [4.69, 9.17) is 5.11 Å². The highest BCUT2D eigenvalue weighted by atomic mass is 16.4. The lowest BCUT2D eigenvalue weighted by Crippen LogP contribution is -2.34. The first-order valence-corrected chi connectivity index (χ1v) is 6.76. The molecule has 0 aliphatic rings. The SMILES string of the molecule is CCCC(CNC(=O)c1cccn1CCC)C(=O)O. The number of carboxylic acid groups (broad SMARTS) is 1. The van der Waals surface area contributed by atoms with E-state index in [1.165, 1.54) is 0 Å². The number of carbonyl (C=O) groups excluding carboxylic acids is 1. The molecule has 1 aromatic rings. The number of nitrogens with one attached hydrogen (secondary N) is 1. The van der Waals surface area contributed by atoms with E-state index in [0.29, 0.717) is 12.1 Å². The van der Waals surface area contributed by atoms with E-state index in [1.54, 1.807) is 6.07 Å². The maximum atomic E-state index is 12.0. The number of hydrogen-bond acceptors (Lipinski definition) is 2. The molecule has 19 heavy (non-hydrogen) atoms. The number of hydrogen-bond donors (Lipinski definition) is 2. The van der Waals surface area contributed by atoms with Crippen LogP contribution in [0.2, 0.25) is 0 Å². The molecule has 0 fully saturated rings. The number of amides is 1. The van der Waals surface area contributed by atoms with Gasteiger partial charge in [0.1, 0.15) is 5.69 Å². The van der Waals surface area contributed by atoms with E-state index < -0.39 is 11.9 Å². The van der Waals surface area contributed by atoms with Crippen molar-refractivity contribution in [3.05, 3.63) is 24.0 Å². The average molecular weight is 266 g/mol. The number of carboxylic acids is 1. The van der Waals surface area contributed by atoms with E-state index in [-0.39, 0.29) is 12.5 Å². The minimum atomic E-state index is -0.855. The number of aryl methyl sites for hydroxylation is 1. The Labute approximate surface area is 113 Å². The Kier molecular flexibility index (Phi) is 6.12. The molecule has 5 heteroatoms. The predicted molar refractivity (Wildman–Crippen MR) is 73.1 cm³/mol. The molecule has 2 N–H and O–H groups in total. The minimum absolute atomic E-state index is 0.180. The molecule has 0 aliphatic carbocycles. The van der Waals surface area contributed by atoms with Crippen LogP contribution in [0.4, 0.5) is 0 Å². The molecule has 0 bridgehead atoms. The zero-order valence-corrected chi connectivity index (χ0v) is 11.6. The van der Waals surface area contributed by atoms with Gasteiger partial charge >= 0.3 is 5.97 Å². The first-order valence-electron chi connectivity index (χ1n) is 6.76. The van der Waals surface area contributed by atoms with Crippen molar-refractivity contribution in [1.82, 2.24) is 9.88 Å². The molecule has 0 saturated heterocycles. The zero-order valence-electron chi connectivity index (χ0n) is 11.6. The standard InChI is InChI=1S/C14H22N2O3/c1-3-6-11(14(18)19)10-15-13(17)12-7-5-9-16(12)8-4-2/h5,7,9,11H,3-4,6,8,10H2,1-2H3,(H,15,17)(H,18,19). The molecule has 106 valence electrons. The smallest absolute Gasteiger partial charge is 0.308 e. The van der Waals surface area contributed by atoms with Crippen molar-refractivity contribution in [1.29, 1.82) is 0 Å². The van der Waals surface area contributed by atoms with Crippen molar-refractivity contribution >= 4 is 11.9 Å². The maximum absolute atomic E-state index is 12.0. The summed E-state index contributed by atoms with van der Waals surface area (Å²) < 4.78 is 1.88. The van der Waals surface area contributed by atoms with Crippen LogP contribution in [0.1, 0.15) is 43.6 Å². The van der Waals surface area contributed by atoms with Crippen molar-refractivity contribution in [3.63, 3.8) is 0 Å². The highest BCUT2D eigenvalue weighted by Crippen LogP contribution is 2.07. The van der Waals surface area contributed by atoms with Gasteiger partial charge < -0.3 is 15.0 Å². The second-order valence-electron chi connectivity index (χ2n) is 4.62. The molecule has 0 aromatic carbocycles. The lowest BCUT2D eigenvalue weighted by atomic mass is 10.0. The van der Waals surface area contributed by atoms with Crippen LogP contribution >= 0.6 is 0 Å². The minimum Gasteiger partial charge on any atom is -0.481 e. The summed E-state index contributed by atoms with van der Waals surface area (Å²) >= 11 is 0. The van der Waals surface area contributed by atoms with Gasteiger partial charge in [-0.05, 0) is 25.0 Å². The number of nitrogens with zero attached hydrogens (tertiary/aromatic N) is 1. The monoisotopic (exact) mass is 266 g/mol. The molecule has 0 saturated carbocycles. The Morgan fingerprint density at radius 2 is 2.11 bits per heavy atom. The first kappa shape index (κ1) is 15.3. The zero-order chi connectivity index (χ0) is 14.3. The van der Waals surface area contributed by atoms with Gasteiger partial charge in [-0.15, -0.1) is 0 Å². The second kappa shape index (κ2) is 7.61. The number of aliphatic carboxylic acids is 1. The molecular formula is C14H22N2O3. The Morgan fingerprint density at radius 3 is 2.68 bits per heavy atom. The highest BCUT2D eigenvalue weighted by Gasteiger charge is 2.18. The van der Waals surface area contributed by atoms with Crippen molar-refractivity contribution in [2.24, 2.45) is 5.92 Å². The van der Waals surface area contributed by atoms with E-state index in [9.17, 15) is 9.59 Å². The molecule has 1 heterocycles. The van der Waals surface area contributed by atoms with Gasteiger partial charge in [-0.2, -0.15) is 0 Å². The lowest BCUT2D eigenvalue weighted by molar-refractivity contribution is -0.141. The Morgan fingerprint density at radius 1 is 1.37 bits per heavy atom. The molecule has 1 amide bonds.